The lowest BCUT2D eigenvalue weighted by Gasteiger charge is -2.13. The lowest BCUT2D eigenvalue weighted by Crippen LogP contribution is -2.27. The quantitative estimate of drug-likeness (QED) is 0.456. The SMILES string of the molecule is CCOC(=O)C(=CC(=NC)c1ccc(Br)cc1)NCC(C)C. The van der Waals surface area contributed by atoms with E-state index in [1.165, 1.54) is 0 Å². The Labute approximate surface area is 140 Å². The Morgan fingerprint density at radius 2 is 2.00 bits per heavy atom. The van der Waals surface area contributed by atoms with E-state index in [0.29, 0.717) is 24.8 Å². The molecule has 0 atom stereocenters. The topological polar surface area (TPSA) is 50.7 Å². The number of benzene rings is 1. The Morgan fingerprint density at radius 1 is 1.36 bits per heavy atom. The molecule has 0 aliphatic heterocycles. The Bertz CT molecular complexity index is 548. The molecule has 4 nitrogen and oxygen atoms in total. The largest absolute Gasteiger partial charge is 0.461 e. The van der Waals surface area contributed by atoms with Gasteiger partial charge < -0.3 is 10.1 Å². The minimum Gasteiger partial charge on any atom is -0.461 e. The molecule has 0 amide bonds. The van der Waals surface area contributed by atoms with Gasteiger partial charge in [-0.3, -0.25) is 4.99 Å². The first-order chi connectivity index (χ1) is 10.5. The van der Waals surface area contributed by atoms with Crippen molar-refractivity contribution in [1.82, 2.24) is 5.32 Å². The van der Waals surface area contributed by atoms with Crippen molar-refractivity contribution in [1.29, 1.82) is 0 Å². The molecule has 0 heterocycles. The second-order valence-electron chi connectivity index (χ2n) is 5.17. The van der Waals surface area contributed by atoms with Crippen LogP contribution in [0.5, 0.6) is 0 Å². The van der Waals surface area contributed by atoms with Crippen LogP contribution in [0.15, 0.2) is 45.5 Å². The van der Waals surface area contributed by atoms with E-state index in [2.05, 4.69) is 40.1 Å². The predicted molar refractivity (Wildman–Crippen MR) is 94.2 cm³/mol. The summed E-state index contributed by atoms with van der Waals surface area (Å²) in [5, 5.41) is 3.15. The maximum Gasteiger partial charge on any atom is 0.354 e. The fraction of sp³-hybridized carbons (Fsp3) is 0.412. The molecule has 0 spiro atoms. The van der Waals surface area contributed by atoms with Crippen LogP contribution in [-0.4, -0.2) is 31.9 Å². The lowest BCUT2D eigenvalue weighted by atomic mass is 10.1. The molecule has 0 aromatic heterocycles. The molecule has 1 rings (SSSR count). The zero-order valence-electron chi connectivity index (χ0n) is 13.5. The third-order valence-electron chi connectivity index (χ3n) is 2.86. The maximum absolute atomic E-state index is 12.1. The molecule has 1 aromatic rings. The van der Waals surface area contributed by atoms with Crippen LogP contribution >= 0.6 is 15.9 Å². The number of rotatable bonds is 7. The van der Waals surface area contributed by atoms with Crippen LogP contribution in [0.25, 0.3) is 0 Å². The second-order valence-corrected chi connectivity index (χ2v) is 6.08. The van der Waals surface area contributed by atoms with Crippen LogP contribution in [0.4, 0.5) is 0 Å². The Hall–Kier alpha value is -1.62. The van der Waals surface area contributed by atoms with Crippen molar-refractivity contribution in [2.45, 2.75) is 20.8 Å². The summed E-state index contributed by atoms with van der Waals surface area (Å²) in [6.45, 7) is 7.00. The summed E-state index contributed by atoms with van der Waals surface area (Å²) in [5.74, 6) is 0.0638. The summed E-state index contributed by atoms with van der Waals surface area (Å²) < 4.78 is 6.10. The van der Waals surface area contributed by atoms with Gasteiger partial charge in [0, 0.05) is 18.1 Å². The summed E-state index contributed by atoms with van der Waals surface area (Å²) in [6, 6.07) is 7.79. The van der Waals surface area contributed by atoms with Crippen LogP contribution in [-0.2, 0) is 9.53 Å². The van der Waals surface area contributed by atoms with Crippen molar-refractivity contribution in [3.8, 4) is 0 Å². The van der Waals surface area contributed by atoms with E-state index in [1.807, 2.05) is 24.3 Å². The first-order valence-corrected chi connectivity index (χ1v) is 8.12. The van der Waals surface area contributed by atoms with Gasteiger partial charge in [-0.05, 0) is 36.6 Å². The lowest BCUT2D eigenvalue weighted by molar-refractivity contribution is -0.138. The molecule has 1 aromatic carbocycles. The van der Waals surface area contributed by atoms with Crippen LogP contribution < -0.4 is 5.32 Å². The van der Waals surface area contributed by atoms with Gasteiger partial charge in [-0.2, -0.15) is 0 Å². The smallest absolute Gasteiger partial charge is 0.354 e. The highest BCUT2D eigenvalue weighted by Crippen LogP contribution is 2.12. The molecule has 0 bridgehead atoms. The third-order valence-corrected chi connectivity index (χ3v) is 3.39. The Morgan fingerprint density at radius 3 is 2.50 bits per heavy atom. The van der Waals surface area contributed by atoms with Crippen molar-refractivity contribution >= 4 is 27.6 Å². The standard InChI is InChI=1S/C17H23BrN2O2/c1-5-22-17(21)16(20-11-12(2)3)10-15(19-4)13-6-8-14(18)9-7-13/h6-10,12,20H,5,11H2,1-4H3. The second kappa shape index (κ2) is 9.41. The molecule has 0 saturated heterocycles. The summed E-state index contributed by atoms with van der Waals surface area (Å²) in [6.07, 6.45) is 1.74. The van der Waals surface area contributed by atoms with Crippen LogP contribution in [0, 0.1) is 5.92 Å². The average molecular weight is 367 g/mol. The average Bonchev–Trinajstić information content (AvgIpc) is 2.48. The van der Waals surface area contributed by atoms with Gasteiger partial charge in [-0.25, -0.2) is 4.79 Å². The van der Waals surface area contributed by atoms with Gasteiger partial charge in [0.25, 0.3) is 0 Å². The van der Waals surface area contributed by atoms with Gasteiger partial charge in [-0.15, -0.1) is 0 Å². The minimum absolute atomic E-state index is 0.344. The number of ether oxygens (including phenoxy) is 1. The summed E-state index contributed by atoms with van der Waals surface area (Å²) in [4.78, 5) is 16.4. The highest BCUT2D eigenvalue weighted by Gasteiger charge is 2.13. The van der Waals surface area contributed by atoms with Crippen LogP contribution in [0.1, 0.15) is 26.3 Å². The van der Waals surface area contributed by atoms with Crippen molar-refractivity contribution in [3.63, 3.8) is 0 Å². The molecule has 0 fully saturated rings. The molecular weight excluding hydrogens is 344 g/mol. The van der Waals surface area contributed by atoms with Gasteiger partial charge >= 0.3 is 5.97 Å². The van der Waals surface area contributed by atoms with Crippen molar-refractivity contribution in [2.75, 3.05) is 20.2 Å². The highest BCUT2D eigenvalue weighted by molar-refractivity contribution is 9.10. The minimum atomic E-state index is -0.360. The fourth-order valence-corrected chi connectivity index (χ4v) is 2.00. The molecule has 0 unspecified atom stereocenters. The van der Waals surface area contributed by atoms with Crippen LogP contribution in [0.2, 0.25) is 0 Å². The van der Waals surface area contributed by atoms with Crippen LogP contribution in [0.3, 0.4) is 0 Å². The molecule has 0 radical (unpaired) electrons. The number of carbonyl (C=O) groups is 1. The van der Waals surface area contributed by atoms with Crippen molar-refractivity contribution < 1.29 is 9.53 Å². The number of nitrogens with one attached hydrogen (secondary N) is 1. The Balaban J connectivity index is 3.05. The van der Waals surface area contributed by atoms with E-state index < -0.39 is 0 Å². The number of hydrogen-bond acceptors (Lipinski definition) is 4. The first kappa shape index (κ1) is 18.4. The zero-order valence-corrected chi connectivity index (χ0v) is 15.1. The number of esters is 1. The van der Waals surface area contributed by atoms with E-state index >= 15 is 0 Å². The van der Waals surface area contributed by atoms with Gasteiger partial charge in [0.15, 0.2) is 0 Å². The first-order valence-electron chi connectivity index (χ1n) is 7.33. The van der Waals surface area contributed by atoms with E-state index in [0.717, 1.165) is 15.7 Å². The van der Waals surface area contributed by atoms with Crippen molar-refractivity contribution in [2.24, 2.45) is 10.9 Å². The molecule has 0 saturated carbocycles. The number of aliphatic imine (C=N–C) groups is 1. The molecular formula is C17H23BrN2O2. The molecule has 120 valence electrons. The Kier molecular flexibility index (Phi) is 7.88. The number of allylic oxidation sites excluding steroid dienone is 1. The number of nitrogens with zero attached hydrogens (tertiary/aromatic N) is 1. The number of hydrogen-bond donors (Lipinski definition) is 1. The molecule has 5 heteroatoms. The highest BCUT2D eigenvalue weighted by atomic mass is 79.9. The summed E-state index contributed by atoms with van der Waals surface area (Å²) in [7, 11) is 1.71. The predicted octanol–water partition coefficient (Wildman–Crippen LogP) is 3.56. The van der Waals surface area contributed by atoms with E-state index in [1.54, 1.807) is 20.0 Å². The van der Waals surface area contributed by atoms with Gasteiger partial charge in [0.1, 0.15) is 5.70 Å². The molecule has 0 aliphatic carbocycles. The van der Waals surface area contributed by atoms with E-state index in [-0.39, 0.29) is 5.97 Å². The van der Waals surface area contributed by atoms with Gasteiger partial charge in [0.05, 0.1) is 12.3 Å². The third kappa shape index (κ3) is 6.02. The summed E-state index contributed by atoms with van der Waals surface area (Å²) in [5.41, 5.74) is 2.10. The summed E-state index contributed by atoms with van der Waals surface area (Å²) >= 11 is 3.41. The van der Waals surface area contributed by atoms with Gasteiger partial charge in [-0.1, -0.05) is 41.9 Å². The van der Waals surface area contributed by atoms with Crippen molar-refractivity contribution in [3.05, 3.63) is 46.1 Å². The fourth-order valence-electron chi connectivity index (χ4n) is 1.74. The molecule has 22 heavy (non-hydrogen) atoms. The van der Waals surface area contributed by atoms with E-state index in [9.17, 15) is 4.79 Å². The van der Waals surface area contributed by atoms with E-state index in [4.69, 9.17) is 4.74 Å². The zero-order chi connectivity index (χ0) is 16.5. The monoisotopic (exact) mass is 366 g/mol. The molecule has 1 N–H and O–H groups in total. The normalized spacial score (nSPS) is 12.5. The number of halogens is 1. The molecule has 0 aliphatic rings. The number of carbonyl (C=O) groups excluding carboxylic acids is 1. The van der Waals surface area contributed by atoms with Gasteiger partial charge in [0.2, 0.25) is 0 Å². The maximum atomic E-state index is 12.1.